The van der Waals surface area contributed by atoms with Crippen molar-refractivity contribution in [3.63, 3.8) is 0 Å². The molecule has 0 bridgehead atoms. The van der Waals surface area contributed by atoms with E-state index in [9.17, 15) is 4.79 Å². The van der Waals surface area contributed by atoms with Gasteiger partial charge in [-0.3, -0.25) is 4.79 Å². The second kappa shape index (κ2) is 8.54. The first-order chi connectivity index (χ1) is 13.1. The van der Waals surface area contributed by atoms with Crippen LogP contribution in [0.2, 0.25) is 0 Å². The number of aryl methyl sites for hydroxylation is 1. The van der Waals surface area contributed by atoms with Crippen molar-refractivity contribution in [2.45, 2.75) is 11.9 Å². The van der Waals surface area contributed by atoms with E-state index in [0.29, 0.717) is 33.9 Å². The lowest BCUT2D eigenvalue weighted by molar-refractivity contribution is -0.113. The summed E-state index contributed by atoms with van der Waals surface area (Å²) in [6.45, 7) is 1.72. The van der Waals surface area contributed by atoms with Crippen molar-refractivity contribution in [2.24, 2.45) is 0 Å². The number of carbonyl (C=O) groups excluding carboxylic acids is 1. The van der Waals surface area contributed by atoms with Gasteiger partial charge in [0.2, 0.25) is 17.6 Å². The van der Waals surface area contributed by atoms with E-state index < -0.39 is 0 Å². The van der Waals surface area contributed by atoms with Crippen molar-refractivity contribution >= 4 is 23.4 Å². The van der Waals surface area contributed by atoms with Crippen molar-refractivity contribution in [3.8, 4) is 22.9 Å². The first kappa shape index (κ1) is 18.7. The Bertz CT molecular complexity index is 945. The molecule has 1 amide bonds. The third kappa shape index (κ3) is 4.56. The molecule has 0 aliphatic rings. The fraction of sp³-hybridized carbons (Fsp3) is 0.222. The minimum Gasteiger partial charge on any atom is -0.493 e. The van der Waals surface area contributed by atoms with E-state index >= 15 is 0 Å². The van der Waals surface area contributed by atoms with Gasteiger partial charge in [-0.05, 0) is 24.3 Å². The lowest BCUT2D eigenvalue weighted by Crippen LogP contribution is -2.14. The van der Waals surface area contributed by atoms with Gasteiger partial charge in [0.25, 0.3) is 0 Å². The summed E-state index contributed by atoms with van der Waals surface area (Å²) < 4.78 is 15.4. The molecule has 3 aromatic rings. The lowest BCUT2D eigenvalue weighted by Gasteiger charge is -2.10. The van der Waals surface area contributed by atoms with Crippen LogP contribution in [-0.4, -0.2) is 41.0 Å². The van der Waals surface area contributed by atoms with Gasteiger partial charge in [-0.2, -0.15) is 4.98 Å². The molecule has 0 saturated carbocycles. The molecule has 0 atom stereocenters. The SMILES string of the molecule is COc1ccc(NC(=O)CSc2ncccc2-c2noc(C)n2)cc1OC. The number of ether oxygens (including phenoxy) is 2. The van der Waals surface area contributed by atoms with Crippen LogP contribution in [-0.2, 0) is 4.79 Å². The topological polar surface area (TPSA) is 99.4 Å². The van der Waals surface area contributed by atoms with Crippen LogP contribution in [0.1, 0.15) is 5.89 Å². The Morgan fingerprint density at radius 3 is 2.74 bits per heavy atom. The maximum atomic E-state index is 12.3. The monoisotopic (exact) mass is 386 g/mol. The summed E-state index contributed by atoms with van der Waals surface area (Å²) in [5, 5.41) is 7.39. The Kier molecular flexibility index (Phi) is 5.92. The van der Waals surface area contributed by atoms with E-state index in [1.54, 1.807) is 51.6 Å². The highest BCUT2D eigenvalue weighted by molar-refractivity contribution is 8.00. The minimum atomic E-state index is -0.173. The average Bonchev–Trinajstić information content (AvgIpc) is 3.12. The van der Waals surface area contributed by atoms with Crippen LogP contribution in [0, 0.1) is 6.92 Å². The molecular weight excluding hydrogens is 368 g/mol. The summed E-state index contributed by atoms with van der Waals surface area (Å²) in [5.74, 6) is 2.06. The number of anilines is 1. The molecule has 1 N–H and O–H groups in total. The molecule has 140 valence electrons. The highest BCUT2D eigenvalue weighted by atomic mass is 32.2. The van der Waals surface area contributed by atoms with E-state index in [0.717, 1.165) is 5.56 Å². The normalized spacial score (nSPS) is 10.5. The molecule has 9 heteroatoms. The summed E-state index contributed by atoms with van der Waals surface area (Å²) >= 11 is 1.30. The van der Waals surface area contributed by atoms with Gasteiger partial charge in [-0.1, -0.05) is 16.9 Å². The molecule has 0 spiro atoms. The van der Waals surface area contributed by atoms with Crippen LogP contribution in [0.25, 0.3) is 11.4 Å². The largest absolute Gasteiger partial charge is 0.493 e. The number of pyridine rings is 1. The molecule has 0 radical (unpaired) electrons. The van der Waals surface area contributed by atoms with Gasteiger partial charge in [0.1, 0.15) is 5.03 Å². The fourth-order valence-corrected chi connectivity index (χ4v) is 3.12. The van der Waals surface area contributed by atoms with Gasteiger partial charge in [0.05, 0.1) is 25.5 Å². The van der Waals surface area contributed by atoms with E-state index in [1.807, 2.05) is 6.07 Å². The van der Waals surface area contributed by atoms with Gasteiger partial charge >= 0.3 is 0 Å². The van der Waals surface area contributed by atoms with E-state index in [-0.39, 0.29) is 11.7 Å². The van der Waals surface area contributed by atoms with Crippen molar-refractivity contribution < 1.29 is 18.8 Å². The maximum Gasteiger partial charge on any atom is 0.234 e. The van der Waals surface area contributed by atoms with Gasteiger partial charge in [0.15, 0.2) is 11.5 Å². The van der Waals surface area contributed by atoms with E-state index in [2.05, 4.69) is 20.4 Å². The number of aromatic nitrogens is 3. The molecule has 8 nitrogen and oxygen atoms in total. The first-order valence-electron chi connectivity index (χ1n) is 8.01. The molecule has 2 heterocycles. The number of benzene rings is 1. The Labute approximate surface area is 160 Å². The van der Waals surface area contributed by atoms with E-state index in [1.165, 1.54) is 11.8 Å². The number of hydrogen-bond donors (Lipinski definition) is 1. The molecule has 27 heavy (non-hydrogen) atoms. The third-order valence-electron chi connectivity index (χ3n) is 3.55. The third-order valence-corrected chi connectivity index (χ3v) is 4.55. The quantitative estimate of drug-likeness (QED) is 0.618. The van der Waals surface area contributed by atoms with Gasteiger partial charge in [-0.15, -0.1) is 0 Å². The smallest absolute Gasteiger partial charge is 0.234 e. The number of nitrogens with one attached hydrogen (secondary N) is 1. The molecule has 1 aromatic carbocycles. The highest BCUT2D eigenvalue weighted by Gasteiger charge is 2.14. The maximum absolute atomic E-state index is 12.3. The predicted molar refractivity (Wildman–Crippen MR) is 101 cm³/mol. The fourth-order valence-electron chi connectivity index (χ4n) is 2.33. The molecular formula is C18H18N4O4S. The molecule has 3 rings (SSSR count). The second-order valence-electron chi connectivity index (χ2n) is 5.40. The molecule has 0 saturated heterocycles. The molecule has 0 fully saturated rings. The van der Waals surface area contributed by atoms with Crippen molar-refractivity contribution in [1.29, 1.82) is 0 Å². The summed E-state index contributed by atoms with van der Waals surface area (Å²) in [7, 11) is 3.10. The summed E-state index contributed by atoms with van der Waals surface area (Å²) in [4.78, 5) is 20.8. The molecule has 0 aliphatic heterocycles. The zero-order valence-electron chi connectivity index (χ0n) is 15.1. The molecule has 0 aliphatic carbocycles. The van der Waals surface area contributed by atoms with Gasteiger partial charge in [0, 0.05) is 24.9 Å². The number of carbonyl (C=O) groups is 1. The van der Waals surface area contributed by atoms with E-state index in [4.69, 9.17) is 14.0 Å². The standard InChI is InChI=1S/C18H18N4O4S/c1-11-20-17(22-26-11)13-5-4-8-19-18(13)27-10-16(23)21-12-6-7-14(24-2)15(9-12)25-3/h4-9H,10H2,1-3H3,(H,21,23). The number of nitrogens with zero attached hydrogens (tertiary/aromatic N) is 3. The summed E-state index contributed by atoms with van der Waals surface area (Å²) in [5.41, 5.74) is 1.34. The zero-order chi connectivity index (χ0) is 19.2. The van der Waals surface area contributed by atoms with Crippen molar-refractivity contribution in [1.82, 2.24) is 15.1 Å². The second-order valence-corrected chi connectivity index (χ2v) is 6.36. The van der Waals surface area contributed by atoms with Crippen LogP contribution in [0.15, 0.2) is 46.1 Å². The lowest BCUT2D eigenvalue weighted by atomic mass is 10.2. The van der Waals surface area contributed by atoms with Gasteiger partial charge < -0.3 is 19.3 Å². The van der Waals surface area contributed by atoms with Crippen molar-refractivity contribution in [3.05, 3.63) is 42.4 Å². The number of thioether (sulfide) groups is 1. The van der Waals surface area contributed by atoms with Crippen LogP contribution >= 0.6 is 11.8 Å². The van der Waals surface area contributed by atoms with Crippen LogP contribution < -0.4 is 14.8 Å². The van der Waals surface area contributed by atoms with Gasteiger partial charge in [-0.25, -0.2) is 4.98 Å². The number of amides is 1. The molecule has 2 aromatic heterocycles. The number of hydrogen-bond acceptors (Lipinski definition) is 8. The Balaban J connectivity index is 1.67. The summed E-state index contributed by atoms with van der Waals surface area (Å²) in [6.07, 6.45) is 1.66. The number of methoxy groups -OCH3 is 2. The predicted octanol–water partition coefficient (Wildman–Crippen LogP) is 3.19. The minimum absolute atomic E-state index is 0.173. The Morgan fingerprint density at radius 1 is 1.22 bits per heavy atom. The Hall–Kier alpha value is -3.07. The molecule has 0 unspecified atom stereocenters. The van der Waals surface area contributed by atoms with Crippen molar-refractivity contribution in [2.75, 3.05) is 25.3 Å². The first-order valence-corrected chi connectivity index (χ1v) is 8.99. The van der Waals surface area contributed by atoms with Crippen LogP contribution in [0.3, 0.4) is 0 Å². The average molecular weight is 386 g/mol. The number of rotatable bonds is 7. The zero-order valence-corrected chi connectivity index (χ0v) is 15.9. The summed E-state index contributed by atoms with van der Waals surface area (Å²) in [6, 6.07) is 8.81. The highest BCUT2D eigenvalue weighted by Crippen LogP contribution is 2.30. The Morgan fingerprint density at radius 2 is 2.04 bits per heavy atom. The van der Waals surface area contributed by atoms with Crippen LogP contribution in [0.5, 0.6) is 11.5 Å². The van der Waals surface area contributed by atoms with Crippen LogP contribution in [0.4, 0.5) is 5.69 Å².